The number of nitrogens with zero attached hydrogens (tertiary/aromatic N) is 5. The zero-order valence-electron chi connectivity index (χ0n) is 37.2. The predicted octanol–water partition coefficient (Wildman–Crippen LogP) is 9.65. The second-order valence-corrected chi connectivity index (χ2v) is 17.2. The van der Waals surface area contributed by atoms with E-state index < -0.39 is 0 Å². The van der Waals surface area contributed by atoms with Gasteiger partial charge in [0.2, 0.25) is 5.91 Å². The van der Waals surface area contributed by atoms with Gasteiger partial charge in [-0.3, -0.25) is 14.4 Å². The van der Waals surface area contributed by atoms with Crippen LogP contribution in [0.3, 0.4) is 0 Å². The molecule has 65 heavy (non-hydrogen) atoms. The Morgan fingerprint density at radius 1 is 0.769 bits per heavy atom. The van der Waals surface area contributed by atoms with Gasteiger partial charge < -0.3 is 34.1 Å². The number of hydrogen-bond acceptors (Lipinski definition) is 6. The van der Waals surface area contributed by atoms with E-state index >= 15 is 4.79 Å². The summed E-state index contributed by atoms with van der Waals surface area (Å²) in [4.78, 5) is 47.8. The number of hydrogen-bond donors (Lipinski definition) is 2. The number of carbonyl (C=O) groups is 3. The maximum atomic E-state index is 15.4. The number of benzene rings is 5. The van der Waals surface area contributed by atoms with Crippen molar-refractivity contribution in [1.82, 2.24) is 18.9 Å². The molecular formula is C54H50N6O5. The molecule has 0 spiro atoms. The Hall–Kier alpha value is -7.84. The molecule has 326 valence electrons. The van der Waals surface area contributed by atoms with E-state index in [2.05, 4.69) is 36.5 Å². The molecule has 0 unspecified atom stereocenters. The smallest absolute Gasteiger partial charge is 0.258 e. The largest absolute Gasteiger partial charge is 0.508 e. The highest BCUT2D eigenvalue weighted by Crippen LogP contribution is 2.44. The molecule has 11 nitrogen and oxygen atoms in total. The van der Waals surface area contributed by atoms with Gasteiger partial charge >= 0.3 is 0 Å². The highest BCUT2D eigenvalue weighted by Gasteiger charge is 2.35. The molecule has 11 heteroatoms. The molecule has 4 heterocycles. The van der Waals surface area contributed by atoms with Crippen molar-refractivity contribution < 1.29 is 24.2 Å². The predicted molar refractivity (Wildman–Crippen MR) is 251 cm³/mol. The molecule has 2 aliphatic rings. The topological polar surface area (TPSA) is 133 Å². The van der Waals surface area contributed by atoms with Crippen LogP contribution in [0.4, 0.5) is 5.69 Å². The number of ether oxygens (including phenoxy) is 1. The van der Waals surface area contributed by atoms with Crippen LogP contribution in [0.15, 0.2) is 121 Å². The van der Waals surface area contributed by atoms with Crippen LogP contribution in [0.5, 0.6) is 17.2 Å². The van der Waals surface area contributed by atoms with E-state index in [0.29, 0.717) is 88.8 Å². The lowest BCUT2D eigenvalue weighted by molar-refractivity contribution is -0.131. The van der Waals surface area contributed by atoms with E-state index in [-0.39, 0.29) is 35.9 Å². The van der Waals surface area contributed by atoms with Crippen molar-refractivity contribution in [3.05, 3.63) is 177 Å². The summed E-state index contributed by atoms with van der Waals surface area (Å²) in [5.74, 6) is 0.980. The summed E-state index contributed by atoms with van der Waals surface area (Å²) in [7, 11) is 3.73. The number of aromatic nitrogens is 2. The SMILES string of the molecule is Cc1c(-c2c(C(=O)Nc3ccc(O)cc3)c(C)n(C)c2-c2cc3c(cc2C(=O)N2Cc4ccccc4C[C@H]2C)CN(C(=O)Cc2ccc(Oc4ccccc4)cc2)CC3)cc(C#N)n1C. The fraction of sp³-hybridized carbons (Fsp3) is 0.222. The van der Waals surface area contributed by atoms with Gasteiger partial charge in [-0.1, -0.05) is 54.6 Å². The van der Waals surface area contributed by atoms with Gasteiger partial charge in [0, 0.05) is 79.1 Å². The third-order valence-electron chi connectivity index (χ3n) is 13.2. The van der Waals surface area contributed by atoms with Crippen molar-refractivity contribution in [2.45, 2.75) is 59.2 Å². The van der Waals surface area contributed by atoms with E-state index in [1.807, 2.05) is 126 Å². The molecule has 0 saturated heterocycles. The zero-order valence-corrected chi connectivity index (χ0v) is 37.2. The van der Waals surface area contributed by atoms with Gasteiger partial charge in [0.1, 0.15) is 29.0 Å². The normalized spacial score (nSPS) is 14.3. The summed E-state index contributed by atoms with van der Waals surface area (Å²) in [5, 5.41) is 23.2. The Morgan fingerprint density at radius 2 is 1.46 bits per heavy atom. The number of para-hydroxylation sites is 1. The van der Waals surface area contributed by atoms with Crippen molar-refractivity contribution in [1.29, 1.82) is 5.26 Å². The molecule has 3 amide bonds. The van der Waals surface area contributed by atoms with E-state index in [1.54, 1.807) is 12.1 Å². The molecule has 5 aromatic carbocycles. The maximum absolute atomic E-state index is 15.4. The Bertz CT molecular complexity index is 3030. The molecule has 0 fully saturated rings. The Balaban J connectivity index is 1.13. The van der Waals surface area contributed by atoms with Crippen LogP contribution in [0.2, 0.25) is 0 Å². The highest BCUT2D eigenvalue weighted by molar-refractivity contribution is 6.14. The monoisotopic (exact) mass is 862 g/mol. The fourth-order valence-electron chi connectivity index (χ4n) is 9.34. The number of rotatable bonds is 9. The number of phenolic OH excluding ortho intramolecular Hbond substituents is 1. The molecule has 2 N–H and O–H groups in total. The number of phenols is 1. The van der Waals surface area contributed by atoms with Gasteiger partial charge in [0.15, 0.2) is 0 Å². The van der Waals surface area contributed by atoms with Crippen LogP contribution in [0.25, 0.3) is 22.4 Å². The Labute approximate surface area is 378 Å². The van der Waals surface area contributed by atoms with Gasteiger partial charge in [0.05, 0.1) is 17.7 Å². The van der Waals surface area contributed by atoms with Crippen molar-refractivity contribution in [2.24, 2.45) is 14.1 Å². The van der Waals surface area contributed by atoms with Gasteiger partial charge in [0.25, 0.3) is 11.8 Å². The van der Waals surface area contributed by atoms with E-state index in [1.165, 1.54) is 17.7 Å². The van der Waals surface area contributed by atoms with Gasteiger partial charge in [-0.15, -0.1) is 0 Å². The summed E-state index contributed by atoms with van der Waals surface area (Å²) < 4.78 is 9.76. The van der Waals surface area contributed by atoms with Gasteiger partial charge in [-0.05, 0) is 128 Å². The number of fused-ring (bicyclic) bond motifs is 2. The first-order valence-electron chi connectivity index (χ1n) is 21.9. The minimum absolute atomic E-state index is 0.0110. The summed E-state index contributed by atoms with van der Waals surface area (Å²) in [5.41, 5.74) is 11.0. The lowest BCUT2D eigenvalue weighted by Crippen LogP contribution is -2.43. The van der Waals surface area contributed by atoms with Gasteiger partial charge in [-0.2, -0.15) is 5.26 Å². The molecule has 9 rings (SSSR count). The van der Waals surface area contributed by atoms with E-state index in [9.17, 15) is 20.0 Å². The van der Waals surface area contributed by atoms with Crippen molar-refractivity contribution >= 4 is 23.4 Å². The van der Waals surface area contributed by atoms with E-state index in [0.717, 1.165) is 33.7 Å². The number of amides is 3. The van der Waals surface area contributed by atoms with Crippen LogP contribution in [-0.2, 0) is 51.2 Å². The highest BCUT2D eigenvalue weighted by atomic mass is 16.5. The van der Waals surface area contributed by atoms with Crippen LogP contribution in [0.1, 0.15) is 72.5 Å². The minimum atomic E-state index is -0.369. The number of nitriles is 1. The van der Waals surface area contributed by atoms with Gasteiger partial charge in [-0.25, -0.2) is 0 Å². The number of aromatic hydroxyl groups is 1. The molecule has 7 aromatic rings. The second kappa shape index (κ2) is 17.4. The molecular weight excluding hydrogens is 813 g/mol. The molecule has 2 aliphatic heterocycles. The first kappa shape index (κ1) is 42.5. The van der Waals surface area contributed by atoms with Crippen molar-refractivity contribution in [3.63, 3.8) is 0 Å². The van der Waals surface area contributed by atoms with Crippen LogP contribution < -0.4 is 10.1 Å². The van der Waals surface area contributed by atoms with Crippen LogP contribution in [0, 0.1) is 25.2 Å². The maximum Gasteiger partial charge on any atom is 0.258 e. The summed E-state index contributed by atoms with van der Waals surface area (Å²) in [6, 6.07) is 39.7. The third kappa shape index (κ3) is 8.15. The molecule has 0 saturated carbocycles. The Kier molecular flexibility index (Phi) is 11.4. The summed E-state index contributed by atoms with van der Waals surface area (Å²) in [6.07, 6.45) is 1.49. The summed E-state index contributed by atoms with van der Waals surface area (Å²) >= 11 is 0. The average Bonchev–Trinajstić information content (AvgIpc) is 3.75. The third-order valence-corrected chi connectivity index (χ3v) is 13.2. The minimum Gasteiger partial charge on any atom is -0.508 e. The standard InChI is InChI=1S/C54H50N6O5/c1-33-25-37-11-9-10-12-39(37)32-60(33)54(64)48-28-40-31-59(49(62)26-36-15-21-45(22-16-36)65-44-13-7-6-8-14-44)24-23-38(40)27-47(48)52-51(46-29-42(30-55)57(4)34(46)2)50(35(3)58(52)5)53(63)56-41-17-19-43(61)20-18-41/h6-22,27-29,33,61H,23-26,31-32H2,1-5H3,(H,56,63)/t33-/m1/s1. The number of carbonyl (C=O) groups excluding carboxylic acids is 3. The molecule has 2 aromatic heterocycles. The lowest BCUT2D eigenvalue weighted by Gasteiger charge is -2.36. The molecule has 1 atom stereocenters. The number of anilines is 1. The fourth-order valence-corrected chi connectivity index (χ4v) is 9.34. The zero-order chi connectivity index (χ0) is 45.5. The first-order valence-corrected chi connectivity index (χ1v) is 21.9. The average molecular weight is 863 g/mol. The van der Waals surface area contributed by atoms with Crippen molar-refractivity contribution in [2.75, 3.05) is 11.9 Å². The quantitative estimate of drug-likeness (QED) is 0.139. The first-order chi connectivity index (χ1) is 31.4. The lowest BCUT2D eigenvalue weighted by atomic mass is 9.87. The Morgan fingerprint density at radius 3 is 2.17 bits per heavy atom. The molecule has 0 bridgehead atoms. The second-order valence-electron chi connectivity index (χ2n) is 17.2. The van der Waals surface area contributed by atoms with Crippen LogP contribution in [-0.4, -0.2) is 54.3 Å². The number of nitrogens with one attached hydrogen (secondary N) is 1. The molecule has 0 radical (unpaired) electrons. The van der Waals surface area contributed by atoms with Crippen LogP contribution >= 0.6 is 0 Å². The summed E-state index contributed by atoms with van der Waals surface area (Å²) in [6.45, 7) is 7.16. The van der Waals surface area contributed by atoms with Crippen molar-refractivity contribution in [3.8, 4) is 45.7 Å². The molecule has 0 aliphatic carbocycles. The van der Waals surface area contributed by atoms with E-state index in [4.69, 9.17) is 4.74 Å².